The van der Waals surface area contributed by atoms with Crippen LogP contribution in [0.5, 0.6) is 0 Å². The minimum Gasteiger partial charge on any atom is -0.342 e. The fourth-order valence-electron chi connectivity index (χ4n) is 4.51. The van der Waals surface area contributed by atoms with Crippen LogP contribution in [0.3, 0.4) is 0 Å². The number of aromatic nitrogens is 3. The summed E-state index contributed by atoms with van der Waals surface area (Å²) < 4.78 is 0. The molecule has 3 aromatic heterocycles. The third-order valence-electron chi connectivity index (χ3n) is 6.00. The molecule has 0 saturated carbocycles. The summed E-state index contributed by atoms with van der Waals surface area (Å²) in [6.45, 7) is 3.93. The van der Waals surface area contributed by atoms with E-state index in [9.17, 15) is 4.79 Å². The van der Waals surface area contributed by atoms with E-state index in [0.29, 0.717) is 11.5 Å². The van der Waals surface area contributed by atoms with E-state index in [1.54, 1.807) is 17.5 Å². The maximum atomic E-state index is 13.1. The van der Waals surface area contributed by atoms with Crippen LogP contribution in [0.2, 0.25) is 0 Å². The number of hydrogen-bond donors (Lipinski definition) is 2. The van der Waals surface area contributed by atoms with Gasteiger partial charge in [-0.05, 0) is 75.4 Å². The number of aryl methyl sites for hydroxylation is 3. The van der Waals surface area contributed by atoms with Crippen LogP contribution in [0.15, 0.2) is 60.8 Å². The number of anilines is 2. The Hall–Kier alpha value is -3.58. The summed E-state index contributed by atoms with van der Waals surface area (Å²) >= 11 is 1.68. The Morgan fingerprint density at radius 2 is 1.71 bits per heavy atom. The molecule has 0 unspecified atom stereocenters. The average Bonchev–Trinajstić information content (AvgIpc) is 3.20. The SMILES string of the molecule is Cc1cc(C)nc(N[C@@H](c2ccccn2)c2c(NC(=O)c3ccccc3)sc3c2CCCC3)n1. The van der Waals surface area contributed by atoms with E-state index < -0.39 is 0 Å². The zero-order chi connectivity index (χ0) is 23.5. The molecule has 1 aromatic carbocycles. The lowest BCUT2D eigenvalue weighted by Crippen LogP contribution is -2.20. The van der Waals surface area contributed by atoms with E-state index >= 15 is 0 Å². The number of nitrogens with zero attached hydrogens (tertiary/aromatic N) is 3. The largest absolute Gasteiger partial charge is 0.342 e. The first kappa shape index (κ1) is 22.2. The van der Waals surface area contributed by atoms with Crippen LogP contribution in [-0.2, 0) is 12.8 Å². The van der Waals surface area contributed by atoms with Gasteiger partial charge in [0.05, 0.1) is 11.7 Å². The van der Waals surface area contributed by atoms with Crippen LogP contribution >= 0.6 is 11.3 Å². The summed E-state index contributed by atoms with van der Waals surface area (Å²) in [5.74, 6) is 0.451. The predicted octanol–water partition coefficient (Wildman–Crippen LogP) is 5.88. The minimum atomic E-state index is -0.286. The Balaban J connectivity index is 1.61. The van der Waals surface area contributed by atoms with Gasteiger partial charge in [0.2, 0.25) is 5.95 Å². The number of rotatable bonds is 6. The molecule has 172 valence electrons. The zero-order valence-electron chi connectivity index (χ0n) is 19.3. The van der Waals surface area contributed by atoms with E-state index in [1.165, 1.54) is 16.9 Å². The second-order valence-corrected chi connectivity index (χ2v) is 9.69. The van der Waals surface area contributed by atoms with Gasteiger partial charge in [-0.2, -0.15) is 0 Å². The molecule has 4 aromatic rings. The highest BCUT2D eigenvalue weighted by Gasteiger charge is 2.30. The van der Waals surface area contributed by atoms with Crippen molar-refractivity contribution in [3.05, 3.63) is 99.4 Å². The quantitative estimate of drug-likeness (QED) is 0.368. The zero-order valence-corrected chi connectivity index (χ0v) is 20.2. The highest BCUT2D eigenvalue weighted by atomic mass is 32.1. The Kier molecular flexibility index (Phi) is 6.36. The first-order chi connectivity index (χ1) is 16.6. The van der Waals surface area contributed by atoms with Gasteiger partial charge in [0.1, 0.15) is 5.00 Å². The molecule has 1 aliphatic carbocycles. The number of benzene rings is 1. The van der Waals surface area contributed by atoms with Crippen molar-refractivity contribution >= 4 is 28.2 Å². The molecule has 0 bridgehead atoms. The summed E-state index contributed by atoms with van der Waals surface area (Å²) in [7, 11) is 0. The van der Waals surface area contributed by atoms with Crippen LogP contribution in [0.1, 0.15) is 62.3 Å². The third kappa shape index (κ3) is 4.70. The number of thiophene rings is 1. The average molecular weight is 470 g/mol. The van der Waals surface area contributed by atoms with E-state index in [-0.39, 0.29) is 11.9 Å². The summed E-state index contributed by atoms with van der Waals surface area (Å²) in [5, 5.41) is 7.64. The maximum Gasteiger partial charge on any atom is 0.256 e. The van der Waals surface area contributed by atoms with Gasteiger partial charge >= 0.3 is 0 Å². The second-order valence-electron chi connectivity index (χ2n) is 8.58. The van der Waals surface area contributed by atoms with Crippen LogP contribution < -0.4 is 10.6 Å². The summed E-state index contributed by atoms with van der Waals surface area (Å²) in [4.78, 5) is 28.4. The monoisotopic (exact) mass is 469 g/mol. The van der Waals surface area contributed by atoms with Gasteiger partial charge in [0.15, 0.2) is 0 Å². The Bertz CT molecular complexity index is 1280. The smallest absolute Gasteiger partial charge is 0.256 e. The molecular formula is C27H27N5OS. The Morgan fingerprint density at radius 1 is 0.971 bits per heavy atom. The van der Waals surface area contributed by atoms with Crippen molar-refractivity contribution in [1.82, 2.24) is 15.0 Å². The fraction of sp³-hybridized carbons (Fsp3) is 0.259. The molecule has 0 fully saturated rings. The van der Waals surface area contributed by atoms with Crippen LogP contribution in [0.25, 0.3) is 0 Å². The van der Waals surface area contributed by atoms with Gasteiger partial charge in [-0.1, -0.05) is 24.3 Å². The molecule has 0 spiro atoms. The van der Waals surface area contributed by atoms with E-state index in [0.717, 1.165) is 46.9 Å². The molecule has 1 amide bonds. The molecule has 1 atom stereocenters. The van der Waals surface area contributed by atoms with Crippen LogP contribution in [0.4, 0.5) is 10.9 Å². The highest BCUT2D eigenvalue weighted by Crippen LogP contribution is 2.44. The molecule has 6 nitrogen and oxygen atoms in total. The number of fused-ring (bicyclic) bond motifs is 1. The highest BCUT2D eigenvalue weighted by molar-refractivity contribution is 7.16. The standard InChI is InChI=1S/C27H27N5OS/c1-17-16-18(2)30-27(29-17)31-24(21-13-8-9-15-28-21)23-20-12-6-7-14-22(20)34-26(23)32-25(33)19-10-4-3-5-11-19/h3-5,8-11,13,15-16,24H,6-7,12,14H2,1-2H3,(H,32,33)(H,29,30,31)/t24-/m0/s1. The van der Waals surface area contributed by atoms with Gasteiger partial charge in [0, 0.05) is 33.6 Å². The predicted molar refractivity (Wildman–Crippen MR) is 137 cm³/mol. The molecule has 34 heavy (non-hydrogen) atoms. The Labute approximate surface area is 203 Å². The first-order valence-electron chi connectivity index (χ1n) is 11.6. The summed E-state index contributed by atoms with van der Waals surface area (Å²) in [6, 6.07) is 16.9. The molecular weight excluding hydrogens is 442 g/mol. The number of hydrogen-bond acceptors (Lipinski definition) is 6. The third-order valence-corrected chi connectivity index (χ3v) is 7.23. The van der Waals surface area contributed by atoms with Crippen molar-refractivity contribution in [2.75, 3.05) is 10.6 Å². The van der Waals surface area contributed by atoms with Crippen LogP contribution in [-0.4, -0.2) is 20.9 Å². The van der Waals surface area contributed by atoms with Gasteiger partial charge in [-0.15, -0.1) is 11.3 Å². The van der Waals surface area contributed by atoms with Gasteiger partial charge in [-0.3, -0.25) is 9.78 Å². The lowest BCUT2D eigenvalue weighted by atomic mass is 9.91. The number of carbonyl (C=O) groups is 1. The van der Waals surface area contributed by atoms with Gasteiger partial charge in [0.25, 0.3) is 5.91 Å². The van der Waals surface area contributed by atoms with Crippen molar-refractivity contribution in [3.63, 3.8) is 0 Å². The normalized spacial score (nSPS) is 13.7. The molecule has 0 saturated heterocycles. The minimum absolute atomic E-state index is 0.108. The number of carbonyl (C=O) groups excluding carboxylic acids is 1. The van der Waals surface area contributed by atoms with E-state index in [4.69, 9.17) is 0 Å². The van der Waals surface area contributed by atoms with Crippen molar-refractivity contribution in [2.24, 2.45) is 0 Å². The molecule has 7 heteroatoms. The molecule has 3 heterocycles. The van der Waals surface area contributed by atoms with Crippen LogP contribution in [0, 0.1) is 13.8 Å². The topological polar surface area (TPSA) is 79.8 Å². The molecule has 0 radical (unpaired) electrons. The number of amides is 1. The van der Waals surface area contributed by atoms with Crippen molar-refractivity contribution < 1.29 is 4.79 Å². The summed E-state index contributed by atoms with van der Waals surface area (Å²) in [5.41, 5.74) is 5.70. The maximum absolute atomic E-state index is 13.1. The lowest BCUT2D eigenvalue weighted by molar-refractivity contribution is 0.102. The molecule has 5 rings (SSSR count). The Morgan fingerprint density at radius 3 is 2.44 bits per heavy atom. The second kappa shape index (κ2) is 9.73. The van der Waals surface area contributed by atoms with Crippen molar-refractivity contribution in [2.45, 2.75) is 45.6 Å². The van der Waals surface area contributed by atoms with Gasteiger partial charge in [-0.25, -0.2) is 9.97 Å². The lowest BCUT2D eigenvalue weighted by Gasteiger charge is -2.23. The fourth-order valence-corrected chi connectivity index (χ4v) is 5.84. The van der Waals surface area contributed by atoms with Gasteiger partial charge < -0.3 is 10.6 Å². The van der Waals surface area contributed by atoms with Crippen molar-refractivity contribution in [1.29, 1.82) is 0 Å². The van der Waals surface area contributed by atoms with E-state index in [1.807, 2.05) is 68.4 Å². The number of nitrogens with one attached hydrogen (secondary N) is 2. The molecule has 0 aliphatic heterocycles. The van der Waals surface area contributed by atoms with Crippen molar-refractivity contribution in [3.8, 4) is 0 Å². The number of pyridine rings is 1. The molecule has 1 aliphatic rings. The first-order valence-corrected chi connectivity index (χ1v) is 12.4. The molecule has 2 N–H and O–H groups in total. The van der Waals surface area contributed by atoms with E-state index in [2.05, 4.69) is 25.6 Å². The summed E-state index contributed by atoms with van der Waals surface area (Å²) in [6.07, 6.45) is 6.12.